The van der Waals surface area contributed by atoms with Gasteiger partial charge < -0.3 is 4.74 Å². The van der Waals surface area contributed by atoms with E-state index in [9.17, 15) is 4.79 Å². The molecule has 1 aliphatic heterocycles. The third kappa shape index (κ3) is 2.66. The minimum Gasteiger partial charge on any atom is -0.378 e. The van der Waals surface area contributed by atoms with E-state index in [1.807, 2.05) is 6.07 Å². The van der Waals surface area contributed by atoms with Gasteiger partial charge in [0.15, 0.2) is 0 Å². The van der Waals surface area contributed by atoms with Gasteiger partial charge in [0.1, 0.15) is 0 Å². The molecule has 80 valence electrons. The average molecular weight is 209 g/mol. The second-order valence-electron chi connectivity index (χ2n) is 3.19. The van der Waals surface area contributed by atoms with Crippen LogP contribution in [0, 0.1) is 0 Å². The van der Waals surface area contributed by atoms with Gasteiger partial charge in [-0.1, -0.05) is 6.07 Å². The van der Waals surface area contributed by atoms with Crippen LogP contribution in [0.25, 0.3) is 0 Å². The number of morpholine rings is 1. The first-order valence-electron chi connectivity index (χ1n) is 4.87. The first-order chi connectivity index (χ1) is 7.36. The van der Waals surface area contributed by atoms with Crippen LogP contribution in [0.5, 0.6) is 0 Å². The lowest BCUT2D eigenvalue weighted by atomic mass is 10.5. The Morgan fingerprint density at radius 2 is 1.87 bits per heavy atom. The van der Waals surface area contributed by atoms with Crippen LogP contribution in [-0.4, -0.2) is 37.3 Å². The molecule has 0 saturated carbocycles. The molecule has 1 amide bonds. The molecule has 1 aromatic heterocycles. The first-order valence-corrected chi connectivity index (χ1v) is 4.87. The van der Waals surface area contributed by atoms with Gasteiger partial charge in [0.2, 0.25) is 12.4 Å². The minimum atomic E-state index is -0.338. The van der Waals surface area contributed by atoms with Crippen LogP contribution in [0.3, 0.4) is 0 Å². The van der Waals surface area contributed by atoms with Crippen LogP contribution in [0.15, 0.2) is 30.6 Å². The number of pyridine rings is 1. The number of carbonyl (C=O) groups excluding carboxylic acids is 1. The Bertz CT molecular complexity index is 323. The molecular formula is C10H13N2O3+. The smallest absolute Gasteiger partial charge is 0.378 e. The molecule has 0 atom stereocenters. The molecule has 0 N–H and O–H groups in total. The number of ether oxygens (including phenoxy) is 1. The number of aromatic nitrogens is 1. The van der Waals surface area contributed by atoms with Crippen molar-refractivity contribution in [2.45, 2.75) is 0 Å². The zero-order valence-electron chi connectivity index (χ0n) is 8.33. The van der Waals surface area contributed by atoms with Crippen LogP contribution in [0.1, 0.15) is 0 Å². The fourth-order valence-electron chi connectivity index (χ4n) is 1.34. The molecule has 1 aliphatic rings. The SMILES string of the molecule is O=C(O[n+]1ccccc1)N1CCOCC1. The first kappa shape index (κ1) is 9.92. The Morgan fingerprint density at radius 3 is 2.53 bits per heavy atom. The number of rotatable bonds is 1. The maximum absolute atomic E-state index is 11.6. The van der Waals surface area contributed by atoms with Gasteiger partial charge in [0, 0.05) is 30.0 Å². The molecule has 1 fully saturated rings. The van der Waals surface area contributed by atoms with E-state index in [1.165, 1.54) is 4.73 Å². The Labute approximate surface area is 87.8 Å². The lowest BCUT2D eigenvalue weighted by molar-refractivity contribution is -0.869. The van der Waals surface area contributed by atoms with Crippen LogP contribution in [0.4, 0.5) is 4.79 Å². The summed E-state index contributed by atoms with van der Waals surface area (Å²) >= 11 is 0. The highest BCUT2D eigenvalue weighted by atomic mass is 16.7. The summed E-state index contributed by atoms with van der Waals surface area (Å²) in [6.07, 6.45) is 3.02. The van der Waals surface area contributed by atoms with Crippen molar-refractivity contribution in [1.82, 2.24) is 4.90 Å². The fourth-order valence-corrected chi connectivity index (χ4v) is 1.34. The van der Waals surface area contributed by atoms with E-state index in [0.717, 1.165) is 0 Å². The Balaban J connectivity index is 1.91. The zero-order valence-corrected chi connectivity index (χ0v) is 8.33. The third-order valence-corrected chi connectivity index (χ3v) is 2.14. The van der Waals surface area contributed by atoms with Crippen molar-refractivity contribution in [2.75, 3.05) is 26.3 Å². The number of nitrogens with zero attached hydrogens (tertiary/aromatic N) is 2. The van der Waals surface area contributed by atoms with Crippen LogP contribution >= 0.6 is 0 Å². The van der Waals surface area contributed by atoms with Crippen LogP contribution < -0.4 is 9.57 Å². The number of amides is 1. The predicted molar refractivity (Wildman–Crippen MR) is 51.0 cm³/mol. The lowest BCUT2D eigenvalue weighted by Gasteiger charge is -2.23. The van der Waals surface area contributed by atoms with E-state index in [2.05, 4.69) is 0 Å². The molecule has 2 rings (SSSR count). The summed E-state index contributed by atoms with van der Waals surface area (Å²) in [6.45, 7) is 2.33. The topological polar surface area (TPSA) is 42.7 Å². The lowest BCUT2D eigenvalue weighted by Crippen LogP contribution is -2.52. The average Bonchev–Trinajstić information content (AvgIpc) is 2.31. The summed E-state index contributed by atoms with van der Waals surface area (Å²) in [5.41, 5.74) is 0. The second-order valence-corrected chi connectivity index (χ2v) is 3.19. The highest BCUT2D eigenvalue weighted by Gasteiger charge is 2.21. The molecule has 1 aromatic rings. The molecule has 0 spiro atoms. The standard InChI is InChI=1S/C10H13N2O3/c13-10(11-6-8-14-9-7-11)15-12-4-2-1-3-5-12/h1-5H,6-9H2/q+1. The summed E-state index contributed by atoms with van der Waals surface area (Å²) in [5, 5.41) is 0. The van der Waals surface area contributed by atoms with Gasteiger partial charge in [-0.2, -0.15) is 4.84 Å². The molecule has 0 aliphatic carbocycles. The van der Waals surface area contributed by atoms with Gasteiger partial charge in [-0.15, -0.1) is 0 Å². The van der Waals surface area contributed by atoms with Gasteiger partial charge in [-0.05, 0) is 0 Å². The third-order valence-electron chi connectivity index (χ3n) is 2.14. The van der Waals surface area contributed by atoms with E-state index in [-0.39, 0.29) is 6.09 Å². The van der Waals surface area contributed by atoms with E-state index in [1.54, 1.807) is 29.4 Å². The van der Waals surface area contributed by atoms with Crippen molar-refractivity contribution in [3.63, 3.8) is 0 Å². The molecule has 5 nitrogen and oxygen atoms in total. The van der Waals surface area contributed by atoms with Crippen molar-refractivity contribution >= 4 is 6.09 Å². The van der Waals surface area contributed by atoms with Crippen LogP contribution in [0.2, 0.25) is 0 Å². The van der Waals surface area contributed by atoms with E-state index in [4.69, 9.17) is 9.57 Å². The Hall–Kier alpha value is -1.62. The van der Waals surface area contributed by atoms with Crippen LogP contribution in [-0.2, 0) is 4.74 Å². The van der Waals surface area contributed by atoms with Gasteiger partial charge in [0.25, 0.3) is 0 Å². The van der Waals surface area contributed by atoms with Crippen molar-refractivity contribution in [3.8, 4) is 0 Å². The highest BCUT2D eigenvalue weighted by Crippen LogP contribution is 1.96. The minimum absolute atomic E-state index is 0.338. The monoisotopic (exact) mass is 209 g/mol. The molecule has 0 aromatic carbocycles. The Kier molecular flexibility index (Phi) is 3.14. The quantitative estimate of drug-likeness (QED) is 0.604. The summed E-state index contributed by atoms with van der Waals surface area (Å²) in [7, 11) is 0. The number of hydrogen-bond donors (Lipinski definition) is 0. The number of hydrogen-bond acceptors (Lipinski definition) is 3. The van der Waals surface area contributed by atoms with Crippen molar-refractivity contribution in [3.05, 3.63) is 30.6 Å². The summed E-state index contributed by atoms with van der Waals surface area (Å²) in [4.78, 5) is 18.3. The van der Waals surface area contributed by atoms with Crippen molar-refractivity contribution in [2.24, 2.45) is 0 Å². The van der Waals surface area contributed by atoms with Gasteiger partial charge >= 0.3 is 6.09 Å². The van der Waals surface area contributed by atoms with Crippen molar-refractivity contribution in [1.29, 1.82) is 0 Å². The molecule has 1 saturated heterocycles. The molecule has 2 heterocycles. The Morgan fingerprint density at radius 1 is 1.20 bits per heavy atom. The van der Waals surface area contributed by atoms with Gasteiger partial charge in [-0.3, -0.25) is 4.90 Å². The van der Waals surface area contributed by atoms with Crippen molar-refractivity contribution < 1.29 is 19.1 Å². The van der Waals surface area contributed by atoms with E-state index >= 15 is 0 Å². The van der Waals surface area contributed by atoms with Gasteiger partial charge in [-0.25, -0.2) is 4.79 Å². The maximum atomic E-state index is 11.6. The zero-order chi connectivity index (χ0) is 10.5. The van der Waals surface area contributed by atoms with E-state index in [0.29, 0.717) is 26.3 Å². The molecular weight excluding hydrogens is 196 g/mol. The molecule has 5 heteroatoms. The highest BCUT2D eigenvalue weighted by molar-refractivity contribution is 5.67. The summed E-state index contributed by atoms with van der Waals surface area (Å²) in [6, 6.07) is 5.46. The fraction of sp³-hybridized carbons (Fsp3) is 0.400. The molecule has 0 unspecified atom stereocenters. The van der Waals surface area contributed by atoms with Gasteiger partial charge in [0.05, 0.1) is 13.2 Å². The largest absolute Gasteiger partial charge is 0.478 e. The summed E-state index contributed by atoms with van der Waals surface area (Å²) < 4.78 is 6.53. The number of carbonyl (C=O) groups is 1. The molecule has 15 heavy (non-hydrogen) atoms. The second kappa shape index (κ2) is 4.75. The van der Waals surface area contributed by atoms with E-state index < -0.39 is 0 Å². The normalized spacial score (nSPS) is 16.1. The summed E-state index contributed by atoms with van der Waals surface area (Å²) in [5.74, 6) is 0. The molecule has 0 radical (unpaired) electrons. The maximum Gasteiger partial charge on any atom is 0.478 e. The predicted octanol–water partition coefficient (Wildman–Crippen LogP) is -0.145. The molecule has 0 bridgehead atoms.